The summed E-state index contributed by atoms with van der Waals surface area (Å²) in [6.45, 7) is 4.96. The topological polar surface area (TPSA) is 42.7 Å². The zero-order valence-electron chi connectivity index (χ0n) is 9.82. The minimum atomic E-state index is 0.800. The van der Waals surface area contributed by atoms with Gasteiger partial charge in [0, 0.05) is 29.9 Å². The van der Waals surface area contributed by atoms with Gasteiger partial charge >= 0.3 is 0 Å². The van der Waals surface area contributed by atoms with Gasteiger partial charge in [0.1, 0.15) is 5.82 Å². The van der Waals surface area contributed by atoms with Crippen molar-refractivity contribution in [3.63, 3.8) is 0 Å². The Labute approximate surface area is 99.3 Å². The number of thiazole rings is 1. The van der Waals surface area contributed by atoms with Gasteiger partial charge in [-0.1, -0.05) is 6.92 Å². The first-order valence-corrected chi connectivity index (χ1v) is 6.18. The second-order valence-electron chi connectivity index (χ2n) is 3.72. The molecular formula is C11H16N4S. The van der Waals surface area contributed by atoms with E-state index in [9.17, 15) is 0 Å². The highest BCUT2D eigenvalue weighted by Gasteiger charge is 2.03. The van der Waals surface area contributed by atoms with Gasteiger partial charge in [0.05, 0.1) is 11.6 Å². The van der Waals surface area contributed by atoms with E-state index in [1.807, 2.05) is 30.9 Å². The summed E-state index contributed by atoms with van der Waals surface area (Å²) in [5.41, 5.74) is 1.15. The average molecular weight is 236 g/mol. The molecule has 0 spiro atoms. The average Bonchev–Trinajstić information content (AvgIpc) is 2.84. The molecule has 0 atom stereocenters. The van der Waals surface area contributed by atoms with Crippen LogP contribution in [0, 0.1) is 6.92 Å². The highest BCUT2D eigenvalue weighted by atomic mass is 32.1. The first-order chi connectivity index (χ1) is 7.69. The minimum Gasteiger partial charge on any atom is -0.364 e. The molecule has 1 N–H and O–H groups in total. The SMILES string of the molecule is CCc1ncc(CNc2cc(C)n(C)n2)s1. The van der Waals surface area contributed by atoms with E-state index >= 15 is 0 Å². The van der Waals surface area contributed by atoms with Crippen LogP contribution >= 0.6 is 11.3 Å². The first-order valence-electron chi connectivity index (χ1n) is 5.37. The molecule has 0 radical (unpaired) electrons. The molecule has 0 bridgehead atoms. The maximum Gasteiger partial charge on any atom is 0.148 e. The molecular weight excluding hydrogens is 220 g/mol. The van der Waals surface area contributed by atoms with Crippen LogP contribution in [0.5, 0.6) is 0 Å². The summed E-state index contributed by atoms with van der Waals surface area (Å²) in [6, 6.07) is 2.04. The standard InChI is InChI=1S/C11H16N4S/c1-4-11-13-7-9(16-11)6-12-10-5-8(2)15(3)14-10/h5,7H,4,6H2,1-3H3,(H,12,14). The number of nitrogens with one attached hydrogen (secondary N) is 1. The van der Waals surface area contributed by atoms with Gasteiger partial charge in [-0.25, -0.2) is 4.98 Å². The molecule has 4 nitrogen and oxygen atoms in total. The quantitative estimate of drug-likeness (QED) is 0.886. The number of aryl methyl sites for hydroxylation is 3. The Kier molecular flexibility index (Phi) is 3.24. The van der Waals surface area contributed by atoms with E-state index in [1.165, 1.54) is 9.88 Å². The van der Waals surface area contributed by atoms with E-state index in [2.05, 4.69) is 22.3 Å². The molecule has 0 saturated heterocycles. The lowest BCUT2D eigenvalue weighted by Crippen LogP contribution is -1.99. The molecule has 0 amide bonds. The lowest BCUT2D eigenvalue weighted by Gasteiger charge is -1.98. The van der Waals surface area contributed by atoms with Crippen molar-refractivity contribution in [2.75, 3.05) is 5.32 Å². The zero-order valence-corrected chi connectivity index (χ0v) is 10.6. The monoisotopic (exact) mass is 236 g/mol. The molecule has 2 heterocycles. The van der Waals surface area contributed by atoms with Crippen molar-refractivity contribution >= 4 is 17.2 Å². The second kappa shape index (κ2) is 4.65. The minimum absolute atomic E-state index is 0.800. The van der Waals surface area contributed by atoms with Crippen molar-refractivity contribution in [1.29, 1.82) is 0 Å². The molecule has 0 aromatic carbocycles. The van der Waals surface area contributed by atoms with Crippen LogP contribution in [0.4, 0.5) is 5.82 Å². The predicted molar refractivity (Wildman–Crippen MR) is 66.8 cm³/mol. The molecule has 86 valence electrons. The van der Waals surface area contributed by atoms with Gasteiger partial charge in [-0.3, -0.25) is 4.68 Å². The number of hydrogen-bond donors (Lipinski definition) is 1. The lowest BCUT2D eigenvalue weighted by molar-refractivity contribution is 0.741. The Balaban J connectivity index is 1.96. The van der Waals surface area contributed by atoms with E-state index in [1.54, 1.807) is 11.3 Å². The van der Waals surface area contributed by atoms with Crippen molar-refractivity contribution in [2.24, 2.45) is 7.05 Å². The Morgan fingerprint density at radius 1 is 1.50 bits per heavy atom. The van der Waals surface area contributed by atoms with E-state index < -0.39 is 0 Å². The fourth-order valence-electron chi connectivity index (χ4n) is 1.42. The number of rotatable bonds is 4. The van der Waals surface area contributed by atoms with Gasteiger partial charge in [0.2, 0.25) is 0 Å². The van der Waals surface area contributed by atoms with Crippen LogP contribution in [0.1, 0.15) is 22.5 Å². The van der Waals surface area contributed by atoms with Crippen LogP contribution in [0.3, 0.4) is 0 Å². The van der Waals surface area contributed by atoms with E-state index in [0.29, 0.717) is 0 Å². The van der Waals surface area contributed by atoms with Crippen LogP contribution in [-0.4, -0.2) is 14.8 Å². The molecule has 2 aromatic heterocycles. The number of anilines is 1. The van der Waals surface area contributed by atoms with Crippen LogP contribution in [0.15, 0.2) is 12.3 Å². The molecule has 5 heteroatoms. The van der Waals surface area contributed by atoms with Crippen molar-refractivity contribution in [3.05, 3.63) is 27.8 Å². The third kappa shape index (κ3) is 2.41. The molecule has 0 unspecified atom stereocenters. The lowest BCUT2D eigenvalue weighted by atomic mass is 10.4. The predicted octanol–water partition coefficient (Wildman–Crippen LogP) is 2.36. The van der Waals surface area contributed by atoms with Crippen molar-refractivity contribution in [1.82, 2.24) is 14.8 Å². The van der Waals surface area contributed by atoms with E-state index in [-0.39, 0.29) is 0 Å². The van der Waals surface area contributed by atoms with Crippen LogP contribution in [0.25, 0.3) is 0 Å². The van der Waals surface area contributed by atoms with Crippen molar-refractivity contribution in [3.8, 4) is 0 Å². The highest BCUT2D eigenvalue weighted by Crippen LogP contribution is 2.15. The maximum absolute atomic E-state index is 4.34. The summed E-state index contributed by atoms with van der Waals surface area (Å²) in [5.74, 6) is 0.923. The van der Waals surface area contributed by atoms with Crippen LogP contribution in [-0.2, 0) is 20.0 Å². The molecule has 2 aromatic rings. The summed E-state index contributed by atoms with van der Waals surface area (Å²) >= 11 is 1.75. The molecule has 2 rings (SSSR count). The maximum atomic E-state index is 4.34. The molecule has 0 aliphatic rings. The number of hydrogen-bond acceptors (Lipinski definition) is 4. The highest BCUT2D eigenvalue weighted by molar-refractivity contribution is 7.11. The Morgan fingerprint density at radius 3 is 2.88 bits per heavy atom. The zero-order chi connectivity index (χ0) is 11.5. The summed E-state index contributed by atoms with van der Waals surface area (Å²) in [5, 5.41) is 8.83. The van der Waals surface area contributed by atoms with Gasteiger partial charge in [0.15, 0.2) is 0 Å². The second-order valence-corrected chi connectivity index (χ2v) is 4.92. The molecule has 0 aliphatic heterocycles. The van der Waals surface area contributed by atoms with Gasteiger partial charge in [-0.2, -0.15) is 5.10 Å². The van der Waals surface area contributed by atoms with Crippen molar-refractivity contribution in [2.45, 2.75) is 26.8 Å². The Bertz CT molecular complexity index is 453. The van der Waals surface area contributed by atoms with Crippen molar-refractivity contribution < 1.29 is 0 Å². The third-order valence-electron chi connectivity index (χ3n) is 2.46. The summed E-state index contributed by atoms with van der Waals surface area (Å²) in [6.07, 6.45) is 2.94. The molecule has 16 heavy (non-hydrogen) atoms. The number of nitrogens with zero attached hydrogens (tertiary/aromatic N) is 3. The summed E-state index contributed by atoms with van der Waals surface area (Å²) in [4.78, 5) is 5.57. The van der Waals surface area contributed by atoms with E-state index in [0.717, 1.165) is 24.5 Å². The fourth-order valence-corrected chi connectivity index (χ4v) is 2.22. The smallest absolute Gasteiger partial charge is 0.148 e. The van der Waals surface area contributed by atoms with E-state index in [4.69, 9.17) is 0 Å². The van der Waals surface area contributed by atoms with Crippen LogP contribution < -0.4 is 5.32 Å². The van der Waals surface area contributed by atoms with Gasteiger partial charge in [-0.05, 0) is 13.3 Å². The number of aromatic nitrogens is 3. The third-order valence-corrected chi connectivity index (χ3v) is 3.60. The van der Waals surface area contributed by atoms with Gasteiger partial charge in [-0.15, -0.1) is 11.3 Å². The molecule has 0 saturated carbocycles. The molecule has 0 aliphatic carbocycles. The Hall–Kier alpha value is -1.36. The van der Waals surface area contributed by atoms with Gasteiger partial charge < -0.3 is 5.32 Å². The largest absolute Gasteiger partial charge is 0.364 e. The summed E-state index contributed by atoms with van der Waals surface area (Å²) < 4.78 is 1.87. The normalized spacial score (nSPS) is 10.7. The molecule has 0 fully saturated rings. The summed E-state index contributed by atoms with van der Waals surface area (Å²) in [7, 11) is 1.95. The Morgan fingerprint density at radius 2 is 2.31 bits per heavy atom. The van der Waals surface area contributed by atoms with Gasteiger partial charge in [0.25, 0.3) is 0 Å². The fraction of sp³-hybridized carbons (Fsp3) is 0.455. The first kappa shape index (κ1) is 11.1. The van der Waals surface area contributed by atoms with Crippen LogP contribution in [0.2, 0.25) is 0 Å².